The van der Waals surface area contributed by atoms with Gasteiger partial charge in [-0.1, -0.05) is 0 Å². The van der Waals surface area contributed by atoms with Gasteiger partial charge in [-0.3, -0.25) is 4.52 Å². The van der Waals surface area contributed by atoms with E-state index in [4.69, 9.17) is 85.9 Å². The van der Waals surface area contributed by atoms with Gasteiger partial charge in [0, 0.05) is 0 Å². The van der Waals surface area contributed by atoms with Crippen LogP contribution in [0.15, 0.2) is 0 Å². The summed E-state index contributed by atoms with van der Waals surface area (Å²) in [6, 6.07) is 0. The van der Waals surface area contributed by atoms with Gasteiger partial charge in [0.2, 0.25) is 0 Å². The minimum Gasteiger partial charge on any atom is -0.394 e. The Morgan fingerprint density at radius 3 is 0.509 bits per heavy atom. The van der Waals surface area contributed by atoms with Gasteiger partial charge in [-0.15, -0.1) is 0 Å². The van der Waals surface area contributed by atoms with Crippen LogP contribution in [-0.4, -0.2) is 226 Å². The van der Waals surface area contributed by atoms with Gasteiger partial charge in [0.25, 0.3) is 0 Å². The lowest BCUT2D eigenvalue weighted by Gasteiger charge is -2.09. The quantitative estimate of drug-likeness (QED) is 0.0513. The zero-order chi connectivity index (χ0) is 38.4. The Kier molecular flexibility index (Phi) is 45.4. The molecule has 0 aliphatic carbocycles. The maximum absolute atomic E-state index is 10.5. The Morgan fingerprint density at radius 2 is 0.377 bits per heavy atom. The Bertz CT molecular complexity index is 725. The van der Waals surface area contributed by atoms with Gasteiger partial charge in [-0.2, -0.15) is 0 Å². The topological polar surface area (TPSA) is 225 Å². The van der Waals surface area contributed by atoms with Crippen molar-refractivity contribution in [1.29, 1.82) is 0 Å². The monoisotopic (exact) mass is 802 g/mol. The molecule has 0 aromatic rings. The second-order valence-corrected chi connectivity index (χ2v) is 11.5. The first-order chi connectivity index (χ1) is 26.1. The fourth-order valence-electron chi connectivity index (χ4n) is 3.46. The van der Waals surface area contributed by atoms with Gasteiger partial charge < -0.3 is 85.9 Å². The summed E-state index contributed by atoms with van der Waals surface area (Å²) >= 11 is 0. The minimum absolute atomic E-state index is 0.0174. The molecule has 0 atom stereocenters. The maximum Gasteiger partial charge on any atom is 0.469 e. The van der Waals surface area contributed by atoms with Gasteiger partial charge in [0.15, 0.2) is 0 Å². The van der Waals surface area contributed by atoms with Crippen molar-refractivity contribution in [3.05, 3.63) is 0 Å². The van der Waals surface area contributed by atoms with E-state index in [9.17, 15) is 4.57 Å². The van der Waals surface area contributed by atoms with Crippen LogP contribution in [0.3, 0.4) is 0 Å². The minimum atomic E-state index is -4.44. The first kappa shape index (κ1) is 52.5. The van der Waals surface area contributed by atoms with E-state index in [1.54, 1.807) is 0 Å². The molecule has 0 bridgehead atoms. The summed E-state index contributed by atoms with van der Waals surface area (Å²) in [5, 5.41) is 8.58. The van der Waals surface area contributed by atoms with Crippen molar-refractivity contribution >= 4 is 7.82 Å². The maximum atomic E-state index is 10.5. The first-order valence-electron chi connectivity index (χ1n) is 18.0. The molecule has 21 heteroatoms. The van der Waals surface area contributed by atoms with Gasteiger partial charge in [0.1, 0.15) is 0 Å². The molecular weight excluding hydrogens is 735 g/mol. The van der Waals surface area contributed by atoms with Crippen molar-refractivity contribution in [2.45, 2.75) is 0 Å². The zero-order valence-corrected chi connectivity index (χ0v) is 32.3. The average Bonchev–Trinajstić information content (AvgIpc) is 3.14. The highest BCUT2D eigenvalue weighted by molar-refractivity contribution is 7.46. The fraction of sp³-hybridized carbons (Fsp3) is 1.00. The first-order valence-corrected chi connectivity index (χ1v) is 19.6. The van der Waals surface area contributed by atoms with Crippen LogP contribution in [0.4, 0.5) is 0 Å². The van der Waals surface area contributed by atoms with Crippen LogP contribution >= 0.6 is 7.82 Å². The molecule has 0 saturated heterocycles. The van der Waals surface area contributed by atoms with E-state index >= 15 is 0 Å². The number of aliphatic hydroxyl groups excluding tert-OH is 1. The third-order valence-electron chi connectivity index (χ3n) is 5.93. The van der Waals surface area contributed by atoms with Crippen LogP contribution in [0.5, 0.6) is 0 Å². The summed E-state index contributed by atoms with van der Waals surface area (Å²) in [7, 11) is -4.44. The molecule has 0 unspecified atom stereocenters. The van der Waals surface area contributed by atoms with Crippen LogP contribution in [0.25, 0.3) is 0 Å². The van der Waals surface area contributed by atoms with E-state index < -0.39 is 7.82 Å². The van der Waals surface area contributed by atoms with Crippen LogP contribution in [0.1, 0.15) is 0 Å². The molecule has 0 aliphatic rings. The summed E-state index contributed by atoms with van der Waals surface area (Å²) in [5.74, 6) is 0. The number of hydrogen-bond donors (Lipinski definition) is 3. The molecule has 0 fully saturated rings. The van der Waals surface area contributed by atoms with E-state index in [1.165, 1.54) is 0 Å². The third kappa shape index (κ3) is 51.5. The van der Waals surface area contributed by atoms with E-state index in [0.29, 0.717) is 192 Å². The molecule has 3 N–H and O–H groups in total. The molecule has 320 valence electrons. The predicted octanol–water partition coefficient (Wildman–Crippen LogP) is -0.663. The van der Waals surface area contributed by atoms with Crippen molar-refractivity contribution in [2.75, 3.05) is 211 Å². The van der Waals surface area contributed by atoms with Crippen molar-refractivity contribution in [3.63, 3.8) is 0 Å². The smallest absolute Gasteiger partial charge is 0.394 e. The highest BCUT2D eigenvalue weighted by Crippen LogP contribution is 2.35. The largest absolute Gasteiger partial charge is 0.469 e. The molecule has 0 saturated carbocycles. The van der Waals surface area contributed by atoms with E-state index in [1.807, 2.05) is 0 Å². The molecule has 0 spiro atoms. The summed E-state index contributed by atoms with van der Waals surface area (Å²) < 4.78 is 95.5. The molecule has 0 aromatic heterocycles. The standard InChI is InChI=1S/C32H67O20P/c33-1-2-37-3-4-38-5-6-39-7-8-40-9-10-41-11-12-42-13-14-43-15-16-44-17-18-45-19-20-46-21-22-47-23-24-48-25-26-49-27-28-50-29-30-51-31-32-52-53(34,35)36/h33H,1-32H2,(H2,34,35,36). The number of ether oxygens (including phenoxy) is 15. The zero-order valence-electron chi connectivity index (χ0n) is 31.4. The van der Waals surface area contributed by atoms with Gasteiger partial charge in [0.05, 0.1) is 211 Å². The molecule has 0 rings (SSSR count). The van der Waals surface area contributed by atoms with Crippen molar-refractivity contribution < 1.29 is 95.0 Å². The van der Waals surface area contributed by atoms with Crippen LogP contribution in [0.2, 0.25) is 0 Å². The number of aliphatic hydroxyl groups is 1. The summed E-state index contributed by atoms with van der Waals surface area (Å²) in [5.41, 5.74) is 0. The van der Waals surface area contributed by atoms with E-state index in [-0.39, 0.29) is 19.8 Å². The highest BCUT2D eigenvalue weighted by atomic mass is 31.2. The van der Waals surface area contributed by atoms with Crippen molar-refractivity contribution in [3.8, 4) is 0 Å². The average molecular weight is 803 g/mol. The molecule has 0 amide bonds. The molecule has 0 heterocycles. The summed E-state index contributed by atoms with van der Waals surface area (Å²) in [6.07, 6.45) is 0. The normalized spacial score (nSPS) is 12.0. The lowest BCUT2D eigenvalue weighted by Crippen LogP contribution is -2.16. The molecule has 0 radical (unpaired) electrons. The number of phosphoric ester groups is 1. The Balaban J connectivity index is 3.06. The lowest BCUT2D eigenvalue weighted by atomic mass is 10.6. The van der Waals surface area contributed by atoms with Gasteiger partial charge in [-0.05, 0) is 0 Å². The van der Waals surface area contributed by atoms with Crippen LogP contribution in [0, 0.1) is 0 Å². The summed E-state index contributed by atoms with van der Waals surface area (Å²) in [6.45, 7) is 13.2. The fourth-order valence-corrected chi connectivity index (χ4v) is 3.77. The van der Waals surface area contributed by atoms with Crippen molar-refractivity contribution in [1.82, 2.24) is 0 Å². The van der Waals surface area contributed by atoms with Crippen molar-refractivity contribution in [2.24, 2.45) is 0 Å². The van der Waals surface area contributed by atoms with Crippen LogP contribution in [-0.2, 0) is 80.1 Å². The number of hydrogen-bond acceptors (Lipinski definition) is 18. The Hall–Kier alpha value is -0.530. The van der Waals surface area contributed by atoms with Gasteiger partial charge >= 0.3 is 7.82 Å². The Labute approximate surface area is 314 Å². The van der Waals surface area contributed by atoms with Gasteiger partial charge in [-0.25, -0.2) is 4.57 Å². The second kappa shape index (κ2) is 45.9. The van der Waals surface area contributed by atoms with Crippen LogP contribution < -0.4 is 0 Å². The number of rotatable bonds is 48. The SMILES string of the molecule is O=P(O)(O)OCCOCCOCCOCCOCCOCCOCCOCCOCCOCCOCCOCCOCCOCCOCCOCCO. The van der Waals surface area contributed by atoms with E-state index in [2.05, 4.69) is 4.52 Å². The lowest BCUT2D eigenvalue weighted by molar-refractivity contribution is -0.0303. The molecule has 0 aromatic carbocycles. The third-order valence-corrected chi connectivity index (χ3v) is 6.45. The molecule has 0 aliphatic heterocycles. The Morgan fingerprint density at radius 1 is 0.245 bits per heavy atom. The predicted molar refractivity (Wildman–Crippen MR) is 187 cm³/mol. The highest BCUT2D eigenvalue weighted by Gasteiger charge is 2.12. The molecule has 20 nitrogen and oxygen atoms in total. The molecule has 53 heavy (non-hydrogen) atoms. The second-order valence-electron chi connectivity index (χ2n) is 10.2. The molecular formula is C32H67O20P. The van der Waals surface area contributed by atoms with E-state index in [0.717, 1.165) is 0 Å². The summed E-state index contributed by atoms with van der Waals surface area (Å²) in [4.78, 5) is 17.0. The number of phosphoric acid groups is 1.